The molecule has 1 amide bonds. The van der Waals surface area contributed by atoms with Crippen molar-refractivity contribution in [2.75, 3.05) is 18.8 Å². The number of amides is 1. The van der Waals surface area contributed by atoms with Gasteiger partial charge >= 0.3 is 0 Å². The van der Waals surface area contributed by atoms with E-state index in [0.717, 1.165) is 13.0 Å². The molecule has 0 spiro atoms. The number of nitrogens with two attached hydrogens (primary N) is 1. The van der Waals surface area contributed by atoms with Gasteiger partial charge in [0.1, 0.15) is 22.8 Å². The van der Waals surface area contributed by atoms with Gasteiger partial charge in [-0.3, -0.25) is 9.59 Å². The van der Waals surface area contributed by atoms with Gasteiger partial charge in [-0.15, -0.1) is 0 Å². The number of para-hydroxylation sites is 1. The molecule has 0 aliphatic carbocycles. The number of ether oxygens (including phenoxy) is 1. The number of phenols is 3. The predicted octanol–water partition coefficient (Wildman–Crippen LogP) is 2.68. The molecule has 3 aromatic rings. The molecule has 9 nitrogen and oxygen atoms in total. The normalized spacial score (nSPS) is 17.8. The molecule has 9 heteroatoms. The topological polar surface area (TPSA) is 154 Å². The molecule has 0 aromatic heterocycles. The molecule has 1 heterocycles. The number of anilines is 1. The number of carbonyl (C=O) groups excluding carboxylic acids is 2. The van der Waals surface area contributed by atoms with E-state index in [1.54, 1.807) is 36.4 Å². The first kappa shape index (κ1) is 25.0. The maximum absolute atomic E-state index is 12.8. The van der Waals surface area contributed by atoms with Crippen LogP contribution in [0.15, 0.2) is 60.7 Å². The third-order valence-electron chi connectivity index (χ3n) is 6.14. The predicted molar refractivity (Wildman–Crippen MR) is 134 cm³/mol. The molecule has 1 fully saturated rings. The van der Waals surface area contributed by atoms with Crippen molar-refractivity contribution >= 4 is 17.4 Å². The van der Waals surface area contributed by atoms with E-state index >= 15 is 0 Å². The highest BCUT2D eigenvalue weighted by atomic mass is 16.5. The van der Waals surface area contributed by atoms with Crippen LogP contribution in [0.5, 0.6) is 17.2 Å². The van der Waals surface area contributed by atoms with E-state index in [0.29, 0.717) is 29.8 Å². The van der Waals surface area contributed by atoms with Crippen molar-refractivity contribution in [2.24, 2.45) is 0 Å². The van der Waals surface area contributed by atoms with Gasteiger partial charge in [-0.25, -0.2) is 0 Å². The van der Waals surface area contributed by atoms with E-state index < -0.39 is 17.3 Å². The Hall–Kier alpha value is -4.08. The number of rotatable bonds is 7. The van der Waals surface area contributed by atoms with Crippen LogP contribution in [0, 0.1) is 0 Å². The SMILES string of the molecule is Nc1ccc(C(=O)NC2CNCCCC2OCc2cc(O)c(C(=O)c3ccccc3O)c(O)c2)cc1. The molecule has 2 unspecified atom stereocenters. The van der Waals surface area contributed by atoms with E-state index in [1.807, 2.05) is 0 Å². The first-order valence-corrected chi connectivity index (χ1v) is 11.7. The quantitative estimate of drug-likeness (QED) is 0.218. The molecular weight excluding hydrogens is 462 g/mol. The molecule has 0 saturated carbocycles. The summed E-state index contributed by atoms with van der Waals surface area (Å²) in [4.78, 5) is 25.5. The molecule has 1 aliphatic rings. The van der Waals surface area contributed by atoms with Gasteiger partial charge in [0.25, 0.3) is 5.91 Å². The maximum atomic E-state index is 12.8. The fraction of sp³-hybridized carbons (Fsp3) is 0.259. The first-order chi connectivity index (χ1) is 17.3. The Balaban J connectivity index is 1.46. The monoisotopic (exact) mass is 491 g/mol. The molecule has 0 bridgehead atoms. The van der Waals surface area contributed by atoms with Gasteiger partial charge in [-0.1, -0.05) is 12.1 Å². The summed E-state index contributed by atoms with van der Waals surface area (Å²) in [6, 6.07) is 15.0. The average molecular weight is 492 g/mol. The van der Waals surface area contributed by atoms with E-state index in [2.05, 4.69) is 10.6 Å². The first-order valence-electron chi connectivity index (χ1n) is 11.7. The Kier molecular flexibility index (Phi) is 7.72. The van der Waals surface area contributed by atoms with Crippen LogP contribution in [0.2, 0.25) is 0 Å². The molecular formula is C27H29N3O6. The summed E-state index contributed by atoms with van der Waals surface area (Å²) in [5.74, 6) is -2.02. The zero-order valence-electron chi connectivity index (χ0n) is 19.6. The van der Waals surface area contributed by atoms with Crippen molar-refractivity contribution in [3.05, 3.63) is 82.9 Å². The van der Waals surface area contributed by atoms with Crippen molar-refractivity contribution in [2.45, 2.75) is 31.6 Å². The van der Waals surface area contributed by atoms with Gasteiger partial charge in [0, 0.05) is 17.8 Å². The van der Waals surface area contributed by atoms with Crippen LogP contribution < -0.4 is 16.4 Å². The summed E-state index contributed by atoms with van der Waals surface area (Å²) in [6.45, 7) is 1.36. The Bertz CT molecular complexity index is 1220. The maximum Gasteiger partial charge on any atom is 0.251 e. The second-order valence-electron chi connectivity index (χ2n) is 8.75. The third-order valence-corrected chi connectivity index (χ3v) is 6.14. The Morgan fingerprint density at radius 2 is 1.69 bits per heavy atom. The highest BCUT2D eigenvalue weighted by molar-refractivity contribution is 6.13. The summed E-state index contributed by atoms with van der Waals surface area (Å²) in [7, 11) is 0. The second kappa shape index (κ2) is 11.1. The summed E-state index contributed by atoms with van der Waals surface area (Å²) in [5, 5.41) is 37.3. The van der Waals surface area contributed by atoms with Crippen LogP contribution in [-0.2, 0) is 11.3 Å². The number of benzene rings is 3. The molecule has 36 heavy (non-hydrogen) atoms. The van der Waals surface area contributed by atoms with Crippen LogP contribution in [0.1, 0.15) is 44.7 Å². The Morgan fingerprint density at radius 1 is 1.00 bits per heavy atom. The fourth-order valence-electron chi connectivity index (χ4n) is 4.24. The number of nitrogens with one attached hydrogen (secondary N) is 2. The third kappa shape index (κ3) is 5.76. The van der Waals surface area contributed by atoms with Crippen molar-refractivity contribution < 1.29 is 29.6 Å². The molecule has 1 saturated heterocycles. The smallest absolute Gasteiger partial charge is 0.251 e. The van der Waals surface area contributed by atoms with Crippen LogP contribution in [0.25, 0.3) is 0 Å². The summed E-state index contributed by atoms with van der Waals surface area (Å²) in [5.41, 5.74) is 6.90. The number of nitrogen functional groups attached to an aromatic ring is 1. The molecule has 0 radical (unpaired) electrons. The van der Waals surface area contributed by atoms with Crippen molar-refractivity contribution in [3.63, 3.8) is 0 Å². The number of carbonyl (C=O) groups is 2. The van der Waals surface area contributed by atoms with Crippen LogP contribution in [0.4, 0.5) is 5.69 Å². The van der Waals surface area contributed by atoms with Crippen LogP contribution >= 0.6 is 0 Å². The molecule has 1 aliphatic heterocycles. The van der Waals surface area contributed by atoms with Gasteiger partial charge in [-0.2, -0.15) is 0 Å². The summed E-state index contributed by atoms with van der Waals surface area (Å²) >= 11 is 0. The molecule has 3 aromatic carbocycles. The highest BCUT2D eigenvalue weighted by Gasteiger charge is 2.27. The van der Waals surface area contributed by atoms with Crippen molar-refractivity contribution in [3.8, 4) is 17.2 Å². The summed E-state index contributed by atoms with van der Waals surface area (Å²) in [6.07, 6.45) is 1.23. The second-order valence-corrected chi connectivity index (χ2v) is 8.75. The number of hydrogen-bond donors (Lipinski definition) is 6. The summed E-state index contributed by atoms with van der Waals surface area (Å²) < 4.78 is 6.11. The molecule has 4 rings (SSSR count). The minimum absolute atomic E-state index is 0.0299. The van der Waals surface area contributed by atoms with Gasteiger partial charge in [0.05, 0.1) is 24.3 Å². The Morgan fingerprint density at radius 3 is 2.39 bits per heavy atom. The lowest BCUT2D eigenvalue weighted by Gasteiger charge is -2.26. The van der Waals surface area contributed by atoms with Gasteiger partial charge in [0.15, 0.2) is 0 Å². The van der Waals surface area contributed by atoms with E-state index in [1.165, 1.54) is 24.3 Å². The van der Waals surface area contributed by atoms with E-state index in [-0.39, 0.29) is 41.5 Å². The highest BCUT2D eigenvalue weighted by Crippen LogP contribution is 2.33. The molecule has 188 valence electrons. The number of hydrogen-bond acceptors (Lipinski definition) is 8. The minimum atomic E-state index is -0.698. The largest absolute Gasteiger partial charge is 0.507 e. The lowest BCUT2D eigenvalue weighted by atomic mass is 9.99. The number of ketones is 1. The molecule has 7 N–H and O–H groups in total. The van der Waals surface area contributed by atoms with Gasteiger partial charge in [0.2, 0.25) is 5.78 Å². The number of phenolic OH excluding ortho intramolecular Hbond substituents is 3. The molecule has 2 atom stereocenters. The van der Waals surface area contributed by atoms with Crippen LogP contribution in [0.3, 0.4) is 0 Å². The fourth-order valence-corrected chi connectivity index (χ4v) is 4.24. The standard InChI is InChI=1S/C27H29N3O6/c28-18-9-7-17(8-10-18)27(35)30-20-14-29-11-3-6-24(20)36-15-16-12-22(32)25(23(33)13-16)26(34)19-4-1-2-5-21(19)31/h1-2,4-5,7-10,12-13,20,24,29,31-33H,3,6,11,14-15,28H2,(H,30,35). The van der Waals surface area contributed by atoms with Gasteiger partial charge in [-0.05, 0) is 73.5 Å². The zero-order valence-corrected chi connectivity index (χ0v) is 19.6. The Labute approximate surface area is 208 Å². The average Bonchev–Trinajstić information content (AvgIpc) is 3.07. The van der Waals surface area contributed by atoms with E-state index in [4.69, 9.17) is 10.5 Å². The van der Waals surface area contributed by atoms with E-state index in [9.17, 15) is 24.9 Å². The minimum Gasteiger partial charge on any atom is -0.507 e. The van der Waals surface area contributed by atoms with Crippen LogP contribution in [-0.4, -0.2) is 52.2 Å². The lowest BCUT2D eigenvalue weighted by molar-refractivity contribution is 0.0134. The zero-order chi connectivity index (χ0) is 25.7. The lowest BCUT2D eigenvalue weighted by Crippen LogP contribution is -2.48. The van der Waals surface area contributed by atoms with Crippen molar-refractivity contribution in [1.82, 2.24) is 10.6 Å². The van der Waals surface area contributed by atoms with Gasteiger partial charge < -0.3 is 36.4 Å². The van der Waals surface area contributed by atoms with Crippen molar-refractivity contribution in [1.29, 1.82) is 0 Å². The number of aromatic hydroxyl groups is 3.